The van der Waals surface area contributed by atoms with E-state index in [9.17, 15) is 0 Å². The van der Waals surface area contributed by atoms with Gasteiger partial charge in [-0.1, -0.05) is 23.7 Å². The van der Waals surface area contributed by atoms with E-state index in [1.54, 1.807) is 7.11 Å². The molecule has 112 valence electrons. The summed E-state index contributed by atoms with van der Waals surface area (Å²) in [6, 6.07) is 8.81. The molecule has 0 unspecified atom stereocenters. The number of hydrogen-bond donors (Lipinski definition) is 1. The predicted molar refractivity (Wildman–Crippen MR) is 84.3 cm³/mol. The van der Waals surface area contributed by atoms with Gasteiger partial charge in [0.15, 0.2) is 0 Å². The molecule has 4 heteroatoms. The Hall–Kier alpha value is -0.610. The standard InChI is InChI=1S/C16H25ClN2O/c1-12(18-15-8-10-19(2)11-9-15)16(20-3)13-4-6-14(17)7-5-13/h4-7,12,15-16,18H,8-11H2,1-3H3/t12-,16+/m0/s1. The maximum Gasteiger partial charge on any atom is 0.0971 e. The first-order chi connectivity index (χ1) is 9.60. The molecule has 1 aliphatic rings. The third kappa shape index (κ3) is 4.19. The Balaban J connectivity index is 1.95. The number of benzene rings is 1. The van der Waals surface area contributed by atoms with Gasteiger partial charge in [0.05, 0.1) is 6.10 Å². The number of halogens is 1. The van der Waals surface area contributed by atoms with Crippen molar-refractivity contribution in [3.63, 3.8) is 0 Å². The fourth-order valence-electron chi connectivity index (χ4n) is 2.92. The molecule has 0 bridgehead atoms. The van der Waals surface area contributed by atoms with E-state index in [1.807, 2.05) is 24.3 Å². The van der Waals surface area contributed by atoms with Crippen LogP contribution >= 0.6 is 11.6 Å². The van der Waals surface area contributed by atoms with E-state index in [0.717, 1.165) is 5.02 Å². The lowest BCUT2D eigenvalue weighted by molar-refractivity contribution is 0.0651. The van der Waals surface area contributed by atoms with E-state index >= 15 is 0 Å². The molecule has 0 spiro atoms. The molecule has 1 aliphatic heterocycles. The molecule has 1 heterocycles. The SMILES string of the molecule is CO[C@@H](c1ccc(Cl)cc1)[C@H](C)NC1CCN(C)CC1. The second-order valence-electron chi connectivity index (χ2n) is 5.74. The van der Waals surface area contributed by atoms with Crippen LogP contribution in [0.25, 0.3) is 0 Å². The molecular formula is C16H25ClN2O. The van der Waals surface area contributed by atoms with Crippen LogP contribution in [0.3, 0.4) is 0 Å². The van der Waals surface area contributed by atoms with Crippen LogP contribution in [0.15, 0.2) is 24.3 Å². The highest BCUT2D eigenvalue weighted by Gasteiger charge is 2.23. The van der Waals surface area contributed by atoms with Gasteiger partial charge in [0, 0.05) is 24.2 Å². The number of hydrogen-bond acceptors (Lipinski definition) is 3. The second-order valence-corrected chi connectivity index (χ2v) is 6.18. The summed E-state index contributed by atoms with van der Waals surface area (Å²) in [6.07, 6.45) is 2.47. The van der Waals surface area contributed by atoms with Crippen molar-refractivity contribution < 1.29 is 4.74 Å². The van der Waals surface area contributed by atoms with E-state index in [-0.39, 0.29) is 12.1 Å². The van der Waals surface area contributed by atoms with Gasteiger partial charge in [-0.25, -0.2) is 0 Å². The Morgan fingerprint density at radius 1 is 1.25 bits per heavy atom. The van der Waals surface area contributed by atoms with Gasteiger partial charge in [0.25, 0.3) is 0 Å². The van der Waals surface area contributed by atoms with Crippen LogP contribution in [0.1, 0.15) is 31.4 Å². The molecule has 1 saturated heterocycles. The Kier molecular flexibility index (Phi) is 5.85. The summed E-state index contributed by atoms with van der Waals surface area (Å²) in [4.78, 5) is 2.38. The lowest BCUT2D eigenvalue weighted by atomic mass is 9.99. The lowest BCUT2D eigenvalue weighted by Crippen LogP contribution is -2.46. The first-order valence-corrected chi connectivity index (χ1v) is 7.71. The monoisotopic (exact) mass is 296 g/mol. The van der Waals surface area contributed by atoms with Crippen molar-refractivity contribution in [3.8, 4) is 0 Å². The quantitative estimate of drug-likeness (QED) is 0.903. The van der Waals surface area contributed by atoms with Crippen LogP contribution in [0.5, 0.6) is 0 Å². The Bertz CT molecular complexity index is 401. The fraction of sp³-hybridized carbons (Fsp3) is 0.625. The smallest absolute Gasteiger partial charge is 0.0971 e. The van der Waals surface area contributed by atoms with Gasteiger partial charge in [-0.05, 0) is 57.6 Å². The van der Waals surface area contributed by atoms with Crippen molar-refractivity contribution >= 4 is 11.6 Å². The minimum atomic E-state index is 0.0620. The first-order valence-electron chi connectivity index (χ1n) is 7.33. The second kappa shape index (κ2) is 7.41. The van der Waals surface area contributed by atoms with Crippen molar-refractivity contribution in [3.05, 3.63) is 34.9 Å². The summed E-state index contributed by atoms with van der Waals surface area (Å²) in [7, 11) is 3.96. The average molecular weight is 297 g/mol. The number of nitrogens with one attached hydrogen (secondary N) is 1. The van der Waals surface area contributed by atoms with Crippen LogP contribution in [-0.2, 0) is 4.74 Å². The third-order valence-corrected chi connectivity index (χ3v) is 4.38. The minimum Gasteiger partial charge on any atom is -0.375 e. The van der Waals surface area contributed by atoms with E-state index in [2.05, 4.69) is 24.2 Å². The highest BCUT2D eigenvalue weighted by atomic mass is 35.5. The van der Waals surface area contributed by atoms with Crippen LogP contribution in [0.4, 0.5) is 0 Å². The molecule has 0 aromatic heterocycles. The van der Waals surface area contributed by atoms with Gasteiger partial charge in [0.2, 0.25) is 0 Å². The normalized spacial score (nSPS) is 20.8. The number of nitrogens with zero attached hydrogens (tertiary/aromatic N) is 1. The molecule has 2 rings (SSSR count). The zero-order valence-electron chi connectivity index (χ0n) is 12.6. The number of likely N-dealkylation sites (tertiary alicyclic amines) is 1. The Morgan fingerprint density at radius 3 is 2.40 bits per heavy atom. The molecule has 20 heavy (non-hydrogen) atoms. The number of piperidine rings is 1. The van der Waals surface area contributed by atoms with Crippen LogP contribution < -0.4 is 5.32 Å². The predicted octanol–water partition coefficient (Wildman–Crippen LogP) is 3.10. The van der Waals surface area contributed by atoms with Crippen molar-refractivity contribution in [2.45, 2.75) is 38.0 Å². The van der Waals surface area contributed by atoms with E-state index in [1.165, 1.54) is 31.5 Å². The van der Waals surface area contributed by atoms with Gasteiger partial charge in [-0.2, -0.15) is 0 Å². The Labute approximate surface area is 127 Å². The first kappa shape index (κ1) is 15.8. The largest absolute Gasteiger partial charge is 0.375 e. The van der Waals surface area contributed by atoms with Gasteiger partial charge >= 0.3 is 0 Å². The summed E-state index contributed by atoms with van der Waals surface area (Å²) < 4.78 is 5.68. The third-order valence-electron chi connectivity index (χ3n) is 4.12. The molecule has 0 amide bonds. The maximum atomic E-state index is 5.95. The van der Waals surface area contributed by atoms with Gasteiger partial charge in [0.1, 0.15) is 0 Å². The van der Waals surface area contributed by atoms with Crippen molar-refractivity contribution in [2.75, 3.05) is 27.2 Å². The number of methoxy groups -OCH3 is 1. The summed E-state index contributed by atoms with van der Waals surface area (Å²) in [5.41, 5.74) is 1.17. The fourth-order valence-corrected chi connectivity index (χ4v) is 3.04. The average Bonchev–Trinajstić information content (AvgIpc) is 2.44. The molecule has 1 fully saturated rings. The van der Waals surface area contributed by atoms with Crippen LogP contribution in [0.2, 0.25) is 5.02 Å². The number of ether oxygens (including phenoxy) is 1. The molecule has 0 aliphatic carbocycles. The van der Waals surface area contributed by atoms with Crippen molar-refractivity contribution in [1.82, 2.24) is 10.2 Å². The van der Waals surface area contributed by atoms with Crippen molar-refractivity contribution in [2.24, 2.45) is 0 Å². The maximum absolute atomic E-state index is 5.95. The van der Waals surface area contributed by atoms with Gasteiger partial charge < -0.3 is 15.0 Å². The zero-order valence-corrected chi connectivity index (χ0v) is 13.4. The topological polar surface area (TPSA) is 24.5 Å². The molecule has 3 nitrogen and oxygen atoms in total. The van der Waals surface area contributed by atoms with Gasteiger partial charge in [-0.3, -0.25) is 0 Å². The van der Waals surface area contributed by atoms with E-state index in [4.69, 9.17) is 16.3 Å². The molecule has 0 saturated carbocycles. The molecule has 1 aromatic rings. The van der Waals surface area contributed by atoms with E-state index < -0.39 is 0 Å². The molecule has 1 aromatic carbocycles. The van der Waals surface area contributed by atoms with Crippen LogP contribution in [-0.4, -0.2) is 44.2 Å². The highest BCUT2D eigenvalue weighted by Crippen LogP contribution is 2.23. The minimum absolute atomic E-state index is 0.0620. The highest BCUT2D eigenvalue weighted by molar-refractivity contribution is 6.30. The summed E-state index contributed by atoms with van der Waals surface area (Å²) >= 11 is 5.95. The lowest BCUT2D eigenvalue weighted by Gasteiger charge is -2.34. The van der Waals surface area contributed by atoms with E-state index in [0.29, 0.717) is 6.04 Å². The molecule has 0 radical (unpaired) electrons. The Morgan fingerprint density at radius 2 is 1.85 bits per heavy atom. The summed E-state index contributed by atoms with van der Waals surface area (Å²) in [5, 5.41) is 4.48. The molecule has 2 atom stereocenters. The summed E-state index contributed by atoms with van der Waals surface area (Å²) in [6.45, 7) is 4.53. The number of rotatable bonds is 5. The van der Waals surface area contributed by atoms with Gasteiger partial charge in [-0.15, -0.1) is 0 Å². The van der Waals surface area contributed by atoms with Crippen molar-refractivity contribution in [1.29, 1.82) is 0 Å². The molecule has 1 N–H and O–H groups in total. The molecular weight excluding hydrogens is 272 g/mol. The summed E-state index contributed by atoms with van der Waals surface area (Å²) in [5.74, 6) is 0. The zero-order chi connectivity index (χ0) is 14.5. The van der Waals surface area contributed by atoms with Crippen LogP contribution in [0, 0.1) is 0 Å².